The highest BCUT2D eigenvalue weighted by molar-refractivity contribution is 5.69. The molecule has 0 saturated heterocycles. The second kappa shape index (κ2) is 6.45. The van der Waals surface area contributed by atoms with E-state index >= 15 is 0 Å². The third-order valence-corrected chi connectivity index (χ3v) is 2.78. The molecule has 0 radical (unpaired) electrons. The Morgan fingerprint density at radius 1 is 1.32 bits per heavy atom. The molecule has 6 heteroatoms. The van der Waals surface area contributed by atoms with E-state index in [0.29, 0.717) is 25.1 Å². The summed E-state index contributed by atoms with van der Waals surface area (Å²) in [5.41, 5.74) is -0.0893. The van der Waals surface area contributed by atoms with E-state index in [4.69, 9.17) is 5.11 Å². The number of nitrogens with one attached hydrogen (secondary N) is 1. The van der Waals surface area contributed by atoms with Crippen LogP contribution in [0.4, 0.5) is 18.9 Å². The van der Waals surface area contributed by atoms with Crippen molar-refractivity contribution in [2.24, 2.45) is 5.92 Å². The van der Waals surface area contributed by atoms with Crippen molar-refractivity contribution in [2.75, 3.05) is 11.9 Å². The first-order valence-corrected chi connectivity index (χ1v) is 5.94. The first kappa shape index (κ1) is 15.3. The summed E-state index contributed by atoms with van der Waals surface area (Å²) in [5.74, 6) is -1.25. The molecule has 3 nitrogen and oxygen atoms in total. The summed E-state index contributed by atoms with van der Waals surface area (Å²) >= 11 is 0. The van der Waals surface area contributed by atoms with Crippen LogP contribution in [0.3, 0.4) is 0 Å². The molecule has 0 fully saturated rings. The summed E-state index contributed by atoms with van der Waals surface area (Å²) in [6.45, 7) is 2.16. The number of aliphatic carboxylic acids is 1. The molecule has 1 aromatic rings. The summed E-state index contributed by atoms with van der Waals surface area (Å²) in [7, 11) is 0. The van der Waals surface area contributed by atoms with Gasteiger partial charge in [-0.2, -0.15) is 13.2 Å². The molecule has 0 aliphatic heterocycles. The summed E-state index contributed by atoms with van der Waals surface area (Å²) in [4.78, 5) is 10.6. The fourth-order valence-electron chi connectivity index (χ4n) is 1.54. The van der Waals surface area contributed by atoms with Crippen molar-refractivity contribution >= 4 is 11.7 Å². The Hall–Kier alpha value is -1.72. The maximum absolute atomic E-state index is 12.3. The van der Waals surface area contributed by atoms with Crippen LogP contribution in [0.1, 0.15) is 25.3 Å². The van der Waals surface area contributed by atoms with Crippen LogP contribution in [0.15, 0.2) is 24.3 Å². The molecule has 1 aromatic carbocycles. The lowest BCUT2D eigenvalue weighted by Gasteiger charge is -2.10. The van der Waals surface area contributed by atoms with Crippen LogP contribution in [0.25, 0.3) is 0 Å². The van der Waals surface area contributed by atoms with Crippen molar-refractivity contribution < 1.29 is 23.1 Å². The predicted octanol–water partition coefficient (Wildman–Crippen LogP) is 3.62. The maximum atomic E-state index is 12.3. The number of benzene rings is 1. The third-order valence-electron chi connectivity index (χ3n) is 2.78. The first-order valence-electron chi connectivity index (χ1n) is 5.94. The van der Waals surface area contributed by atoms with E-state index in [1.807, 2.05) is 0 Å². The number of carboxylic acids is 1. The molecule has 0 heterocycles. The first-order chi connectivity index (χ1) is 8.80. The standard InChI is InChI=1S/C13H16F3NO2/c1-9(12(18)19)3-2-8-17-11-6-4-10(5-7-11)13(14,15)16/h4-7,9,17H,2-3,8H2,1H3,(H,18,19). The number of rotatable bonds is 6. The lowest BCUT2D eigenvalue weighted by molar-refractivity contribution is -0.141. The number of hydrogen-bond acceptors (Lipinski definition) is 2. The molecule has 1 rings (SSSR count). The molecule has 0 saturated carbocycles. The van der Waals surface area contributed by atoms with Gasteiger partial charge in [0.05, 0.1) is 11.5 Å². The minimum Gasteiger partial charge on any atom is -0.481 e. The average molecular weight is 275 g/mol. The van der Waals surface area contributed by atoms with Gasteiger partial charge in [-0.25, -0.2) is 0 Å². The minimum absolute atomic E-state index is 0.408. The SMILES string of the molecule is CC(CCCNc1ccc(C(F)(F)F)cc1)C(=O)O. The van der Waals surface area contributed by atoms with Gasteiger partial charge in [0.2, 0.25) is 0 Å². The Labute approximate surface area is 109 Å². The van der Waals surface area contributed by atoms with Gasteiger partial charge >= 0.3 is 12.1 Å². The number of alkyl halides is 3. The van der Waals surface area contributed by atoms with Crippen LogP contribution in [-0.2, 0) is 11.0 Å². The Kier molecular flexibility index (Phi) is 5.20. The van der Waals surface area contributed by atoms with Gasteiger partial charge in [0.15, 0.2) is 0 Å². The zero-order valence-electron chi connectivity index (χ0n) is 10.5. The fraction of sp³-hybridized carbons (Fsp3) is 0.462. The van der Waals surface area contributed by atoms with Gasteiger partial charge in [0.1, 0.15) is 0 Å². The van der Waals surface area contributed by atoms with Crippen molar-refractivity contribution in [3.8, 4) is 0 Å². The zero-order valence-corrected chi connectivity index (χ0v) is 10.5. The summed E-state index contributed by atoms with van der Waals surface area (Å²) in [6, 6.07) is 4.76. The second-order valence-electron chi connectivity index (χ2n) is 4.38. The molecular formula is C13H16F3NO2. The van der Waals surface area contributed by atoms with Gasteiger partial charge in [-0.05, 0) is 37.1 Å². The Bertz CT molecular complexity index is 415. The predicted molar refractivity (Wildman–Crippen MR) is 66.0 cm³/mol. The molecule has 0 amide bonds. The van der Waals surface area contributed by atoms with E-state index < -0.39 is 23.6 Å². The Morgan fingerprint density at radius 2 is 1.89 bits per heavy atom. The Balaban J connectivity index is 2.37. The van der Waals surface area contributed by atoms with Crippen molar-refractivity contribution in [1.29, 1.82) is 0 Å². The molecule has 2 N–H and O–H groups in total. The van der Waals surface area contributed by atoms with Crippen LogP contribution < -0.4 is 5.32 Å². The molecule has 0 aliphatic rings. The van der Waals surface area contributed by atoms with E-state index in [1.165, 1.54) is 12.1 Å². The smallest absolute Gasteiger partial charge is 0.416 e. The number of halogens is 3. The maximum Gasteiger partial charge on any atom is 0.416 e. The largest absolute Gasteiger partial charge is 0.481 e. The highest BCUT2D eigenvalue weighted by Crippen LogP contribution is 2.29. The molecule has 1 unspecified atom stereocenters. The van der Waals surface area contributed by atoms with Crippen molar-refractivity contribution in [3.63, 3.8) is 0 Å². The van der Waals surface area contributed by atoms with E-state index in [2.05, 4.69) is 5.32 Å². The molecule has 0 bridgehead atoms. The van der Waals surface area contributed by atoms with Gasteiger partial charge in [-0.3, -0.25) is 4.79 Å². The molecule has 0 spiro atoms. The topological polar surface area (TPSA) is 49.3 Å². The van der Waals surface area contributed by atoms with E-state index in [1.54, 1.807) is 6.92 Å². The number of carboxylic acid groups (broad SMARTS) is 1. The normalized spacial score (nSPS) is 13.1. The molecule has 1 atom stereocenters. The van der Waals surface area contributed by atoms with Crippen LogP contribution >= 0.6 is 0 Å². The van der Waals surface area contributed by atoms with Gasteiger partial charge in [-0.15, -0.1) is 0 Å². The molecule has 0 aliphatic carbocycles. The van der Waals surface area contributed by atoms with Crippen LogP contribution in [0, 0.1) is 5.92 Å². The fourth-order valence-corrected chi connectivity index (χ4v) is 1.54. The van der Waals surface area contributed by atoms with Gasteiger partial charge < -0.3 is 10.4 Å². The van der Waals surface area contributed by atoms with Crippen molar-refractivity contribution in [2.45, 2.75) is 25.9 Å². The van der Waals surface area contributed by atoms with Gasteiger partial charge in [0.25, 0.3) is 0 Å². The zero-order chi connectivity index (χ0) is 14.5. The monoisotopic (exact) mass is 275 g/mol. The van der Waals surface area contributed by atoms with Gasteiger partial charge in [-0.1, -0.05) is 6.92 Å². The molecule has 0 aromatic heterocycles. The Morgan fingerprint density at radius 3 is 2.37 bits per heavy atom. The highest BCUT2D eigenvalue weighted by Gasteiger charge is 2.29. The van der Waals surface area contributed by atoms with E-state index in [-0.39, 0.29) is 0 Å². The number of carbonyl (C=O) groups is 1. The molecule has 19 heavy (non-hydrogen) atoms. The quantitative estimate of drug-likeness (QED) is 0.780. The van der Waals surface area contributed by atoms with Crippen LogP contribution in [0.5, 0.6) is 0 Å². The van der Waals surface area contributed by atoms with Crippen molar-refractivity contribution in [3.05, 3.63) is 29.8 Å². The molecule has 106 valence electrons. The summed E-state index contributed by atoms with van der Waals surface area (Å²) < 4.78 is 36.9. The van der Waals surface area contributed by atoms with E-state index in [0.717, 1.165) is 12.1 Å². The highest BCUT2D eigenvalue weighted by atomic mass is 19.4. The van der Waals surface area contributed by atoms with Gasteiger partial charge in [0, 0.05) is 12.2 Å². The lowest BCUT2D eigenvalue weighted by atomic mass is 10.1. The lowest BCUT2D eigenvalue weighted by Crippen LogP contribution is -2.11. The number of anilines is 1. The van der Waals surface area contributed by atoms with Crippen molar-refractivity contribution in [1.82, 2.24) is 0 Å². The van der Waals surface area contributed by atoms with Crippen LogP contribution in [0.2, 0.25) is 0 Å². The van der Waals surface area contributed by atoms with Crippen LogP contribution in [-0.4, -0.2) is 17.6 Å². The summed E-state index contributed by atoms with van der Waals surface area (Å²) in [5, 5.41) is 11.6. The minimum atomic E-state index is -4.32. The average Bonchev–Trinajstić information content (AvgIpc) is 2.33. The molecular weight excluding hydrogens is 259 g/mol. The number of hydrogen-bond donors (Lipinski definition) is 2. The van der Waals surface area contributed by atoms with E-state index in [9.17, 15) is 18.0 Å². The third kappa shape index (κ3) is 5.19. The second-order valence-corrected chi connectivity index (χ2v) is 4.38. The summed E-state index contributed by atoms with van der Waals surface area (Å²) in [6.07, 6.45) is -3.15.